The zero-order valence-electron chi connectivity index (χ0n) is 9.39. The summed E-state index contributed by atoms with van der Waals surface area (Å²) in [5.74, 6) is -0.0526. The van der Waals surface area contributed by atoms with Crippen molar-refractivity contribution in [3.63, 3.8) is 0 Å². The van der Waals surface area contributed by atoms with Crippen LogP contribution in [-0.4, -0.2) is 41.8 Å². The number of carbonyl (C=O) groups excluding carboxylic acids is 1. The Kier molecular flexibility index (Phi) is 4.82. The van der Waals surface area contributed by atoms with Crippen LogP contribution in [0.2, 0.25) is 0 Å². The minimum Gasteiger partial charge on any atom is -0.465 e. The molecule has 1 N–H and O–H groups in total. The van der Waals surface area contributed by atoms with Crippen LogP contribution < -0.4 is 0 Å². The van der Waals surface area contributed by atoms with Gasteiger partial charge in [0.15, 0.2) is 0 Å². The summed E-state index contributed by atoms with van der Waals surface area (Å²) in [5.41, 5.74) is 0. The van der Waals surface area contributed by atoms with Gasteiger partial charge < -0.3 is 14.7 Å². The van der Waals surface area contributed by atoms with Gasteiger partial charge in [-0.15, -0.1) is 0 Å². The molecule has 0 aliphatic carbocycles. The fraction of sp³-hybridized carbons (Fsp3) is 0.636. The second-order valence-corrected chi connectivity index (χ2v) is 3.72. The summed E-state index contributed by atoms with van der Waals surface area (Å²) in [5, 5.41) is 8.75. The van der Waals surface area contributed by atoms with Crippen molar-refractivity contribution < 1.29 is 19.4 Å². The van der Waals surface area contributed by atoms with E-state index in [4.69, 9.17) is 9.84 Å². The topological polar surface area (TPSA) is 66.8 Å². The first-order valence-electron chi connectivity index (χ1n) is 5.46. The van der Waals surface area contributed by atoms with Crippen LogP contribution in [0.15, 0.2) is 12.2 Å². The maximum atomic E-state index is 11.0. The Morgan fingerprint density at radius 3 is 2.56 bits per heavy atom. The van der Waals surface area contributed by atoms with Crippen LogP contribution in [0, 0.1) is 5.92 Å². The van der Waals surface area contributed by atoms with Crippen molar-refractivity contribution in [3.05, 3.63) is 12.2 Å². The smallest absolute Gasteiger partial charge is 0.407 e. The van der Waals surface area contributed by atoms with Gasteiger partial charge in [0.2, 0.25) is 0 Å². The Labute approximate surface area is 94.7 Å². The maximum absolute atomic E-state index is 11.0. The largest absolute Gasteiger partial charge is 0.465 e. The first-order valence-corrected chi connectivity index (χ1v) is 5.46. The number of carbonyl (C=O) groups is 2. The number of carboxylic acid groups (broad SMARTS) is 1. The molecule has 1 fully saturated rings. The molecule has 0 bridgehead atoms. The summed E-state index contributed by atoms with van der Waals surface area (Å²) in [6.07, 6.45) is 3.92. The van der Waals surface area contributed by atoms with Crippen LogP contribution >= 0.6 is 0 Å². The molecular weight excluding hydrogens is 210 g/mol. The molecule has 0 radical (unpaired) electrons. The van der Waals surface area contributed by atoms with Gasteiger partial charge in [-0.2, -0.15) is 0 Å². The second-order valence-electron chi connectivity index (χ2n) is 3.72. The number of amides is 1. The first kappa shape index (κ1) is 12.5. The molecule has 16 heavy (non-hydrogen) atoms. The van der Waals surface area contributed by atoms with Gasteiger partial charge in [0.05, 0.1) is 6.61 Å². The third-order valence-corrected chi connectivity index (χ3v) is 2.60. The molecule has 1 amide bonds. The van der Waals surface area contributed by atoms with E-state index >= 15 is 0 Å². The number of piperidine rings is 1. The summed E-state index contributed by atoms with van der Waals surface area (Å²) < 4.78 is 4.76. The number of hydrogen-bond donors (Lipinski definition) is 1. The van der Waals surface area contributed by atoms with Gasteiger partial charge in [0.25, 0.3) is 0 Å². The van der Waals surface area contributed by atoms with E-state index in [1.165, 1.54) is 11.0 Å². The van der Waals surface area contributed by atoms with E-state index in [-0.39, 0.29) is 11.9 Å². The van der Waals surface area contributed by atoms with E-state index < -0.39 is 6.09 Å². The van der Waals surface area contributed by atoms with Crippen LogP contribution in [0.3, 0.4) is 0 Å². The lowest BCUT2D eigenvalue weighted by Crippen LogP contribution is -2.37. The van der Waals surface area contributed by atoms with Crippen molar-refractivity contribution in [2.45, 2.75) is 19.8 Å². The molecule has 1 heterocycles. The normalized spacial score (nSPS) is 17.7. The van der Waals surface area contributed by atoms with Crippen molar-refractivity contribution in [1.29, 1.82) is 0 Å². The van der Waals surface area contributed by atoms with E-state index in [0.29, 0.717) is 19.7 Å². The molecule has 0 atom stereocenters. The summed E-state index contributed by atoms with van der Waals surface area (Å²) in [6.45, 7) is 3.21. The van der Waals surface area contributed by atoms with Gasteiger partial charge >= 0.3 is 12.1 Å². The number of allylic oxidation sites excluding steroid dienone is 1. The molecule has 0 spiro atoms. The average molecular weight is 227 g/mol. The van der Waals surface area contributed by atoms with Gasteiger partial charge in [-0.25, -0.2) is 9.59 Å². The van der Waals surface area contributed by atoms with E-state index in [2.05, 4.69) is 0 Å². The average Bonchev–Trinajstić information content (AvgIpc) is 2.27. The van der Waals surface area contributed by atoms with Crippen molar-refractivity contribution in [2.75, 3.05) is 19.7 Å². The Balaban J connectivity index is 2.31. The zero-order chi connectivity index (χ0) is 12.0. The highest BCUT2D eigenvalue weighted by molar-refractivity contribution is 5.81. The molecule has 0 saturated carbocycles. The fourth-order valence-electron chi connectivity index (χ4n) is 1.69. The lowest BCUT2D eigenvalue weighted by molar-refractivity contribution is -0.137. The third-order valence-electron chi connectivity index (χ3n) is 2.60. The van der Waals surface area contributed by atoms with Gasteiger partial charge in [0.1, 0.15) is 0 Å². The Morgan fingerprint density at radius 2 is 2.06 bits per heavy atom. The molecule has 0 unspecified atom stereocenters. The summed E-state index contributed by atoms with van der Waals surface area (Å²) in [4.78, 5) is 23.1. The molecule has 0 aromatic heterocycles. The molecule has 0 aromatic carbocycles. The fourth-order valence-corrected chi connectivity index (χ4v) is 1.69. The standard InChI is InChI=1S/C11H17NO4/c1-2-16-10(13)4-3-9-5-7-12(8-6-9)11(14)15/h3-4,9H,2,5-8H2,1H3,(H,14,15). The van der Waals surface area contributed by atoms with Crippen LogP contribution in [0.25, 0.3) is 0 Å². The Morgan fingerprint density at radius 1 is 1.44 bits per heavy atom. The van der Waals surface area contributed by atoms with E-state index in [1.54, 1.807) is 6.92 Å². The molecular formula is C11H17NO4. The van der Waals surface area contributed by atoms with Gasteiger partial charge in [-0.1, -0.05) is 6.08 Å². The Hall–Kier alpha value is -1.52. The lowest BCUT2D eigenvalue weighted by Gasteiger charge is -2.28. The predicted octanol–water partition coefficient (Wildman–Crippen LogP) is 1.50. The maximum Gasteiger partial charge on any atom is 0.407 e. The van der Waals surface area contributed by atoms with Gasteiger partial charge in [-0.05, 0) is 25.7 Å². The second kappa shape index (κ2) is 6.15. The minimum absolute atomic E-state index is 0.278. The molecule has 1 aliphatic heterocycles. The van der Waals surface area contributed by atoms with Crippen molar-refractivity contribution in [3.8, 4) is 0 Å². The van der Waals surface area contributed by atoms with E-state index in [1.807, 2.05) is 6.08 Å². The Bertz CT molecular complexity index is 280. The molecule has 1 rings (SSSR count). The predicted molar refractivity (Wildman–Crippen MR) is 58.1 cm³/mol. The summed E-state index contributed by atoms with van der Waals surface area (Å²) in [7, 11) is 0. The molecule has 90 valence electrons. The van der Waals surface area contributed by atoms with Crippen molar-refractivity contribution in [2.24, 2.45) is 5.92 Å². The SMILES string of the molecule is CCOC(=O)C=CC1CCN(C(=O)O)CC1. The molecule has 1 aliphatic rings. The summed E-state index contributed by atoms with van der Waals surface area (Å²) >= 11 is 0. The summed E-state index contributed by atoms with van der Waals surface area (Å²) in [6, 6.07) is 0. The van der Waals surface area contributed by atoms with Crippen LogP contribution in [-0.2, 0) is 9.53 Å². The molecule has 1 saturated heterocycles. The number of rotatable bonds is 3. The van der Waals surface area contributed by atoms with Gasteiger partial charge in [-0.3, -0.25) is 0 Å². The molecule has 0 aromatic rings. The quantitative estimate of drug-likeness (QED) is 0.586. The number of nitrogens with zero attached hydrogens (tertiary/aromatic N) is 1. The molecule has 5 heteroatoms. The van der Waals surface area contributed by atoms with E-state index in [9.17, 15) is 9.59 Å². The highest BCUT2D eigenvalue weighted by atomic mass is 16.5. The lowest BCUT2D eigenvalue weighted by atomic mass is 9.97. The van der Waals surface area contributed by atoms with Gasteiger partial charge in [0, 0.05) is 19.2 Å². The number of esters is 1. The van der Waals surface area contributed by atoms with Crippen LogP contribution in [0.1, 0.15) is 19.8 Å². The number of ether oxygens (including phenoxy) is 1. The number of likely N-dealkylation sites (tertiary alicyclic amines) is 1. The first-order chi connectivity index (χ1) is 7.63. The van der Waals surface area contributed by atoms with Crippen LogP contribution in [0.4, 0.5) is 4.79 Å². The minimum atomic E-state index is -0.868. The number of hydrogen-bond acceptors (Lipinski definition) is 3. The molecule has 5 nitrogen and oxygen atoms in total. The highest BCUT2D eigenvalue weighted by Crippen LogP contribution is 2.18. The monoisotopic (exact) mass is 227 g/mol. The van der Waals surface area contributed by atoms with Crippen LogP contribution in [0.5, 0.6) is 0 Å². The van der Waals surface area contributed by atoms with E-state index in [0.717, 1.165) is 12.8 Å². The third kappa shape index (κ3) is 3.92. The van der Waals surface area contributed by atoms with Crippen molar-refractivity contribution >= 4 is 12.1 Å². The van der Waals surface area contributed by atoms with Crippen molar-refractivity contribution in [1.82, 2.24) is 4.90 Å². The highest BCUT2D eigenvalue weighted by Gasteiger charge is 2.20. The zero-order valence-corrected chi connectivity index (χ0v) is 9.39.